The summed E-state index contributed by atoms with van der Waals surface area (Å²) in [5.41, 5.74) is 0. The van der Waals surface area contributed by atoms with Crippen molar-refractivity contribution in [1.82, 2.24) is 4.90 Å². The van der Waals surface area contributed by atoms with Crippen LogP contribution in [-0.2, 0) is 4.79 Å². The Morgan fingerprint density at radius 3 is 2.44 bits per heavy atom. The van der Waals surface area contributed by atoms with E-state index in [2.05, 4.69) is 11.8 Å². The van der Waals surface area contributed by atoms with Crippen LogP contribution in [0.4, 0.5) is 0 Å². The molecule has 0 heterocycles. The van der Waals surface area contributed by atoms with Crippen molar-refractivity contribution >= 4 is 5.91 Å². The Bertz CT molecular complexity index is 297. The van der Waals surface area contributed by atoms with Crippen molar-refractivity contribution in [3.63, 3.8) is 0 Å². The highest BCUT2D eigenvalue weighted by Crippen LogP contribution is 2.49. The topological polar surface area (TPSA) is 20.3 Å². The molecule has 4 atom stereocenters. The van der Waals surface area contributed by atoms with E-state index in [1.807, 2.05) is 7.05 Å². The molecule has 2 bridgehead atoms. The number of amides is 1. The van der Waals surface area contributed by atoms with Gasteiger partial charge in [0.1, 0.15) is 0 Å². The molecule has 0 saturated heterocycles. The van der Waals surface area contributed by atoms with Crippen LogP contribution >= 0.6 is 0 Å². The number of carbonyl (C=O) groups excluding carboxylic acids is 1. The van der Waals surface area contributed by atoms with Gasteiger partial charge in [0.2, 0.25) is 5.91 Å². The van der Waals surface area contributed by atoms with Crippen molar-refractivity contribution in [2.24, 2.45) is 23.7 Å². The highest BCUT2D eigenvalue weighted by atomic mass is 16.2. The monoisotopic (exact) mass is 221 g/mol. The zero-order chi connectivity index (χ0) is 11.3. The Labute approximate surface area is 98.4 Å². The Morgan fingerprint density at radius 1 is 1.19 bits per heavy atom. The molecule has 2 nitrogen and oxygen atoms in total. The summed E-state index contributed by atoms with van der Waals surface area (Å²) in [5, 5.41) is 0. The van der Waals surface area contributed by atoms with Crippen molar-refractivity contribution in [2.45, 2.75) is 51.5 Å². The Balaban J connectivity index is 1.63. The molecule has 3 aliphatic carbocycles. The van der Waals surface area contributed by atoms with Crippen molar-refractivity contribution < 1.29 is 4.79 Å². The maximum atomic E-state index is 12.4. The maximum Gasteiger partial charge on any atom is 0.225 e. The first-order valence-electron chi connectivity index (χ1n) is 6.93. The molecule has 3 saturated carbocycles. The summed E-state index contributed by atoms with van der Waals surface area (Å²) in [6.07, 6.45) is 7.88. The van der Waals surface area contributed by atoms with Crippen LogP contribution in [0.1, 0.15) is 45.4 Å². The standard InChI is InChI=1S/C14H23NO/c1-9(11-5-6-11)15(2)14(16)13-8-10-3-4-12(13)7-10/h9-13H,3-8H2,1-2H3/t9-,10+,12+,13-/m1/s1. The van der Waals surface area contributed by atoms with Gasteiger partial charge in [-0.3, -0.25) is 4.79 Å². The molecule has 3 aliphatic rings. The molecule has 0 aromatic rings. The zero-order valence-corrected chi connectivity index (χ0v) is 10.5. The first-order valence-corrected chi connectivity index (χ1v) is 6.93. The SMILES string of the molecule is C[C@H](C1CC1)N(C)C(=O)[C@@H]1C[C@H]2CC[C@H]1C2. The molecule has 0 N–H and O–H groups in total. The van der Waals surface area contributed by atoms with Gasteiger partial charge in [0, 0.05) is 19.0 Å². The number of carbonyl (C=O) groups is 1. The Hall–Kier alpha value is -0.530. The summed E-state index contributed by atoms with van der Waals surface area (Å²) < 4.78 is 0. The van der Waals surface area contributed by atoms with Crippen LogP contribution in [-0.4, -0.2) is 23.9 Å². The van der Waals surface area contributed by atoms with E-state index in [0.29, 0.717) is 17.9 Å². The zero-order valence-electron chi connectivity index (χ0n) is 10.5. The first-order chi connectivity index (χ1) is 7.66. The van der Waals surface area contributed by atoms with Crippen LogP contribution in [0.5, 0.6) is 0 Å². The van der Waals surface area contributed by atoms with Gasteiger partial charge in [0.05, 0.1) is 0 Å². The first kappa shape index (κ1) is 10.6. The molecule has 90 valence electrons. The van der Waals surface area contributed by atoms with Gasteiger partial charge in [-0.1, -0.05) is 6.42 Å². The minimum Gasteiger partial charge on any atom is -0.343 e. The molecule has 16 heavy (non-hydrogen) atoms. The van der Waals surface area contributed by atoms with Gasteiger partial charge in [-0.25, -0.2) is 0 Å². The van der Waals surface area contributed by atoms with Gasteiger partial charge >= 0.3 is 0 Å². The lowest BCUT2D eigenvalue weighted by Crippen LogP contribution is -2.41. The molecular weight excluding hydrogens is 198 g/mol. The molecular formula is C14H23NO. The summed E-state index contributed by atoms with van der Waals surface area (Å²) in [4.78, 5) is 14.5. The smallest absolute Gasteiger partial charge is 0.225 e. The molecule has 0 unspecified atom stereocenters. The fourth-order valence-corrected chi connectivity index (χ4v) is 3.90. The van der Waals surface area contributed by atoms with Crippen LogP contribution in [0.15, 0.2) is 0 Å². The largest absolute Gasteiger partial charge is 0.343 e. The van der Waals surface area contributed by atoms with E-state index in [0.717, 1.165) is 17.8 Å². The molecule has 0 radical (unpaired) electrons. The van der Waals surface area contributed by atoms with Crippen molar-refractivity contribution in [3.05, 3.63) is 0 Å². The third-order valence-electron chi connectivity index (χ3n) is 5.32. The summed E-state index contributed by atoms with van der Waals surface area (Å²) in [6, 6.07) is 0.478. The summed E-state index contributed by atoms with van der Waals surface area (Å²) in [6.45, 7) is 2.22. The summed E-state index contributed by atoms with van der Waals surface area (Å²) in [7, 11) is 2.03. The number of hydrogen-bond acceptors (Lipinski definition) is 1. The third kappa shape index (κ3) is 1.66. The van der Waals surface area contributed by atoms with Crippen LogP contribution < -0.4 is 0 Å². The predicted molar refractivity (Wildman–Crippen MR) is 63.9 cm³/mol. The summed E-state index contributed by atoms with van der Waals surface area (Å²) in [5.74, 6) is 3.24. The highest BCUT2D eigenvalue weighted by molar-refractivity contribution is 5.79. The van der Waals surface area contributed by atoms with E-state index in [9.17, 15) is 4.79 Å². The maximum absolute atomic E-state index is 12.4. The fourth-order valence-electron chi connectivity index (χ4n) is 3.90. The normalized spacial score (nSPS) is 38.8. The average Bonchev–Trinajstić information content (AvgIpc) is 2.94. The molecule has 0 aromatic heterocycles. The van der Waals surface area contributed by atoms with E-state index in [1.165, 1.54) is 38.5 Å². The quantitative estimate of drug-likeness (QED) is 0.717. The third-order valence-corrected chi connectivity index (χ3v) is 5.32. The van der Waals surface area contributed by atoms with Crippen LogP contribution in [0.3, 0.4) is 0 Å². The molecule has 0 aliphatic heterocycles. The molecule has 1 amide bonds. The van der Waals surface area contributed by atoms with E-state index >= 15 is 0 Å². The number of nitrogens with zero attached hydrogens (tertiary/aromatic N) is 1. The van der Waals surface area contributed by atoms with E-state index in [-0.39, 0.29) is 0 Å². The highest BCUT2D eigenvalue weighted by Gasteiger charge is 2.45. The summed E-state index contributed by atoms with van der Waals surface area (Å²) >= 11 is 0. The van der Waals surface area contributed by atoms with Gasteiger partial charge in [0.15, 0.2) is 0 Å². The van der Waals surface area contributed by atoms with Crippen LogP contribution in [0.2, 0.25) is 0 Å². The van der Waals surface area contributed by atoms with Crippen molar-refractivity contribution in [1.29, 1.82) is 0 Å². The fraction of sp³-hybridized carbons (Fsp3) is 0.929. The molecule has 0 spiro atoms. The van der Waals surface area contributed by atoms with Crippen LogP contribution in [0, 0.1) is 23.7 Å². The number of hydrogen-bond donors (Lipinski definition) is 0. The Morgan fingerprint density at radius 2 is 1.94 bits per heavy atom. The minimum atomic E-state index is 0.380. The lowest BCUT2D eigenvalue weighted by molar-refractivity contribution is -0.138. The van der Waals surface area contributed by atoms with Crippen molar-refractivity contribution in [2.75, 3.05) is 7.05 Å². The Kier molecular flexibility index (Phi) is 2.49. The van der Waals surface area contributed by atoms with Gasteiger partial charge in [0.25, 0.3) is 0 Å². The van der Waals surface area contributed by atoms with E-state index in [1.54, 1.807) is 0 Å². The van der Waals surface area contributed by atoms with Gasteiger partial charge in [-0.05, 0) is 56.8 Å². The molecule has 3 fully saturated rings. The van der Waals surface area contributed by atoms with Gasteiger partial charge in [-0.15, -0.1) is 0 Å². The molecule has 2 heteroatoms. The number of fused-ring (bicyclic) bond motifs is 2. The number of rotatable bonds is 3. The molecule has 3 rings (SSSR count). The van der Waals surface area contributed by atoms with E-state index < -0.39 is 0 Å². The van der Waals surface area contributed by atoms with Gasteiger partial charge in [-0.2, -0.15) is 0 Å². The van der Waals surface area contributed by atoms with E-state index in [4.69, 9.17) is 0 Å². The van der Waals surface area contributed by atoms with Crippen LogP contribution in [0.25, 0.3) is 0 Å². The molecule has 0 aromatic carbocycles. The lowest BCUT2D eigenvalue weighted by Gasteiger charge is -2.31. The predicted octanol–water partition coefficient (Wildman–Crippen LogP) is 2.68. The van der Waals surface area contributed by atoms with Crippen molar-refractivity contribution in [3.8, 4) is 0 Å². The second kappa shape index (κ2) is 3.75. The average molecular weight is 221 g/mol. The lowest BCUT2D eigenvalue weighted by atomic mass is 9.87. The van der Waals surface area contributed by atoms with Gasteiger partial charge < -0.3 is 4.90 Å². The minimum absolute atomic E-state index is 0.380. The second-order valence-corrected chi connectivity index (χ2v) is 6.31. The second-order valence-electron chi connectivity index (χ2n) is 6.31.